The molecule has 11 heteroatoms. The molecule has 1 aromatic heterocycles. The number of nitrogens with one attached hydrogen (secondary N) is 1. The number of morpholine rings is 1. The van der Waals surface area contributed by atoms with Gasteiger partial charge in [-0.3, -0.25) is 4.55 Å². The van der Waals surface area contributed by atoms with Gasteiger partial charge < -0.3 is 15.0 Å². The van der Waals surface area contributed by atoms with Gasteiger partial charge in [0.2, 0.25) is 17.2 Å². The number of hydrogen-bond acceptors (Lipinski definition) is 7. The Labute approximate surface area is 199 Å². The molecule has 0 amide bonds. The summed E-state index contributed by atoms with van der Waals surface area (Å²) in [5.74, 6) is 0.00358. The van der Waals surface area contributed by atoms with Crippen molar-refractivity contribution in [3.63, 3.8) is 0 Å². The minimum Gasteiger partial charge on any atom is -0.378 e. The van der Waals surface area contributed by atoms with Crippen LogP contribution in [0.2, 0.25) is 0 Å². The van der Waals surface area contributed by atoms with Crippen LogP contribution in [0.25, 0.3) is 11.3 Å². The lowest BCUT2D eigenvalue weighted by atomic mass is 10.1. The van der Waals surface area contributed by atoms with Crippen LogP contribution in [0.15, 0.2) is 54.7 Å². The van der Waals surface area contributed by atoms with E-state index >= 15 is 0 Å². The van der Waals surface area contributed by atoms with Crippen molar-refractivity contribution in [1.29, 1.82) is 5.26 Å². The molecule has 176 valence electrons. The van der Waals surface area contributed by atoms with Gasteiger partial charge in [-0.15, -0.1) is 0 Å². The highest BCUT2D eigenvalue weighted by Gasteiger charge is 2.16. The zero-order valence-electron chi connectivity index (χ0n) is 18.2. The summed E-state index contributed by atoms with van der Waals surface area (Å²) in [4.78, 5) is 10.7. The molecule has 1 atom stereocenters. The molecule has 0 bridgehead atoms. The van der Waals surface area contributed by atoms with Crippen molar-refractivity contribution in [3.05, 3.63) is 66.1 Å². The molecule has 1 unspecified atom stereocenters. The number of nitriles is 1. The minimum absolute atomic E-state index is 0.153. The molecule has 1 aliphatic heterocycles. The van der Waals surface area contributed by atoms with Gasteiger partial charge in [0.05, 0.1) is 30.7 Å². The summed E-state index contributed by atoms with van der Waals surface area (Å²) in [6.07, 6.45) is 1.61. The average Bonchev–Trinajstić information content (AvgIpc) is 2.85. The molecule has 0 radical (unpaired) electrons. The maximum absolute atomic E-state index is 14.7. The Bertz CT molecular complexity index is 1200. The Morgan fingerprint density at radius 3 is 2.65 bits per heavy atom. The Hall–Kier alpha value is -3.43. The standard InChI is InChI=1S/C23H23FN6O3S/c24-20-15-19(5-6-22(20)29-11-13-33-14-12-29)27-23-26-9-7-21(28-23)18-3-1-17(2-4-18)16-30(10-8-25)34(31)32/h1-7,9,15H,10-14,16H2,(H,31,32)(H,26,27,28). The second-order valence-electron chi connectivity index (χ2n) is 7.54. The number of rotatable bonds is 8. The fourth-order valence-corrected chi connectivity index (χ4v) is 4.01. The van der Waals surface area contributed by atoms with Crippen LogP contribution in [0, 0.1) is 17.1 Å². The molecule has 2 heterocycles. The second-order valence-corrected chi connectivity index (χ2v) is 8.52. The van der Waals surface area contributed by atoms with E-state index in [-0.39, 0.29) is 18.9 Å². The Morgan fingerprint density at radius 2 is 1.97 bits per heavy atom. The first kappa shape index (κ1) is 23.7. The number of aromatic nitrogens is 2. The molecule has 0 saturated carbocycles. The Kier molecular flexibility index (Phi) is 7.76. The molecule has 1 fully saturated rings. The summed E-state index contributed by atoms with van der Waals surface area (Å²) in [6, 6.07) is 15.9. The first-order valence-corrected chi connectivity index (χ1v) is 11.6. The molecule has 1 saturated heterocycles. The van der Waals surface area contributed by atoms with Crippen LogP contribution in [0.1, 0.15) is 5.56 Å². The largest absolute Gasteiger partial charge is 0.378 e. The van der Waals surface area contributed by atoms with Gasteiger partial charge in [0.25, 0.3) is 0 Å². The van der Waals surface area contributed by atoms with Gasteiger partial charge in [-0.25, -0.2) is 18.6 Å². The van der Waals surface area contributed by atoms with E-state index in [9.17, 15) is 13.2 Å². The SMILES string of the molecule is N#CCN(Cc1ccc(-c2ccnc(Nc3ccc(N4CCOCC4)c(F)c3)n2)cc1)S(=O)O. The lowest BCUT2D eigenvalue weighted by Gasteiger charge is -2.29. The highest BCUT2D eigenvalue weighted by molar-refractivity contribution is 7.76. The maximum atomic E-state index is 14.7. The van der Waals surface area contributed by atoms with Crippen molar-refractivity contribution in [2.24, 2.45) is 0 Å². The first-order valence-electron chi connectivity index (χ1n) is 10.6. The van der Waals surface area contributed by atoms with Crippen LogP contribution in [0.5, 0.6) is 0 Å². The number of anilines is 3. The Morgan fingerprint density at radius 1 is 1.21 bits per heavy atom. The number of ether oxygens (including phenoxy) is 1. The molecule has 34 heavy (non-hydrogen) atoms. The summed E-state index contributed by atoms with van der Waals surface area (Å²) >= 11 is -2.23. The van der Waals surface area contributed by atoms with E-state index in [1.165, 1.54) is 6.07 Å². The zero-order valence-corrected chi connectivity index (χ0v) is 19.0. The number of halogens is 1. The molecule has 0 aliphatic carbocycles. The summed E-state index contributed by atoms with van der Waals surface area (Å²) < 4.78 is 41.8. The van der Waals surface area contributed by atoms with Crippen LogP contribution in [0.3, 0.4) is 0 Å². The van der Waals surface area contributed by atoms with Crippen molar-refractivity contribution in [1.82, 2.24) is 14.3 Å². The molecule has 2 N–H and O–H groups in total. The van der Waals surface area contributed by atoms with E-state index in [1.807, 2.05) is 35.2 Å². The predicted molar refractivity (Wildman–Crippen MR) is 127 cm³/mol. The average molecular weight is 483 g/mol. The van der Waals surface area contributed by atoms with Gasteiger partial charge in [0, 0.05) is 37.1 Å². The van der Waals surface area contributed by atoms with Crippen LogP contribution in [0.4, 0.5) is 21.7 Å². The fourth-order valence-electron chi connectivity index (χ4n) is 3.58. The van der Waals surface area contributed by atoms with Gasteiger partial charge in [0.15, 0.2) is 0 Å². The third-order valence-electron chi connectivity index (χ3n) is 5.29. The van der Waals surface area contributed by atoms with Crippen LogP contribution in [-0.2, 0) is 22.5 Å². The zero-order chi connectivity index (χ0) is 23.9. The summed E-state index contributed by atoms with van der Waals surface area (Å²) in [7, 11) is 0. The third kappa shape index (κ3) is 5.92. The fraction of sp³-hybridized carbons (Fsp3) is 0.261. The number of benzene rings is 2. The van der Waals surface area contributed by atoms with Crippen LogP contribution in [-0.4, -0.2) is 55.9 Å². The van der Waals surface area contributed by atoms with E-state index in [0.717, 1.165) is 15.4 Å². The maximum Gasteiger partial charge on any atom is 0.235 e. The molecule has 3 aromatic rings. The highest BCUT2D eigenvalue weighted by atomic mass is 32.2. The van der Waals surface area contributed by atoms with Crippen molar-refractivity contribution < 1.29 is 17.9 Å². The molecular weight excluding hydrogens is 459 g/mol. The van der Waals surface area contributed by atoms with Crippen LogP contribution < -0.4 is 10.2 Å². The van der Waals surface area contributed by atoms with Crippen molar-refractivity contribution >= 4 is 28.6 Å². The van der Waals surface area contributed by atoms with Gasteiger partial charge >= 0.3 is 0 Å². The molecule has 1 aliphatic rings. The van der Waals surface area contributed by atoms with E-state index in [2.05, 4.69) is 15.3 Å². The van der Waals surface area contributed by atoms with Crippen molar-refractivity contribution in [3.8, 4) is 17.3 Å². The van der Waals surface area contributed by atoms with E-state index in [0.29, 0.717) is 49.3 Å². The number of hydrogen-bond donors (Lipinski definition) is 2. The summed E-state index contributed by atoms with van der Waals surface area (Å²) in [5, 5.41) is 11.8. The summed E-state index contributed by atoms with van der Waals surface area (Å²) in [5.41, 5.74) is 3.34. The monoisotopic (exact) mass is 482 g/mol. The topological polar surface area (TPSA) is 115 Å². The second kappa shape index (κ2) is 11.1. The first-order chi connectivity index (χ1) is 16.5. The van der Waals surface area contributed by atoms with Gasteiger partial charge in [-0.2, -0.15) is 9.57 Å². The Balaban J connectivity index is 1.45. The smallest absolute Gasteiger partial charge is 0.235 e. The summed E-state index contributed by atoms with van der Waals surface area (Å²) in [6.45, 7) is 2.49. The molecule has 0 spiro atoms. The van der Waals surface area contributed by atoms with Crippen molar-refractivity contribution in [2.45, 2.75) is 6.54 Å². The van der Waals surface area contributed by atoms with Gasteiger partial charge in [-0.1, -0.05) is 24.3 Å². The van der Waals surface area contributed by atoms with Crippen LogP contribution >= 0.6 is 0 Å². The van der Waals surface area contributed by atoms with Gasteiger partial charge in [-0.05, 0) is 29.8 Å². The van der Waals surface area contributed by atoms with Crippen molar-refractivity contribution in [2.75, 3.05) is 43.1 Å². The van der Waals surface area contributed by atoms with E-state index in [4.69, 9.17) is 10.00 Å². The van der Waals surface area contributed by atoms with Gasteiger partial charge in [0.1, 0.15) is 12.4 Å². The molecule has 2 aromatic carbocycles. The molecular formula is C23H23FN6O3S. The van der Waals surface area contributed by atoms with E-state index < -0.39 is 11.3 Å². The number of nitrogens with zero attached hydrogens (tertiary/aromatic N) is 5. The molecule has 9 nitrogen and oxygen atoms in total. The van der Waals surface area contributed by atoms with E-state index in [1.54, 1.807) is 24.4 Å². The molecule has 4 rings (SSSR count). The quantitative estimate of drug-likeness (QED) is 0.371. The predicted octanol–water partition coefficient (Wildman–Crippen LogP) is 3.33. The third-order valence-corrected chi connectivity index (χ3v) is 5.99. The highest BCUT2D eigenvalue weighted by Crippen LogP contribution is 2.26. The lowest BCUT2D eigenvalue weighted by Crippen LogP contribution is -2.36. The normalized spacial score (nSPS) is 14.6. The lowest BCUT2D eigenvalue weighted by molar-refractivity contribution is 0.122. The minimum atomic E-state index is -2.23.